The van der Waals surface area contributed by atoms with Gasteiger partial charge in [-0.25, -0.2) is 0 Å². The quantitative estimate of drug-likeness (QED) is 0.799. The molecule has 2 fully saturated rings. The summed E-state index contributed by atoms with van der Waals surface area (Å²) >= 11 is 0. The molecule has 3 atom stereocenters. The third kappa shape index (κ3) is 2.88. The molecule has 0 radical (unpaired) electrons. The van der Waals surface area contributed by atoms with Crippen LogP contribution in [0.5, 0.6) is 5.75 Å². The van der Waals surface area contributed by atoms with Crippen LogP contribution in [0.4, 0.5) is 5.69 Å². The van der Waals surface area contributed by atoms with E-state index in [1.165, 1.54) is 0 Å². The van der Waals surface area contributed by atoms with Gasteiger partial charge in [0.15, 0.2) is 0 Å². The first-order valence-electron chi connectivity index (χ1n) is 7.14. The molecule has 0 saturated carbocycles. The second kappa shape index (κ2) is 5.71. The number of anilines is 1. The maximum Gasteiger partial charge on any atom is 0.223 e. The van der Waals surface area contributed by atoms with Gasteiger partial charge in [0, 0.05) is 0 Å². The standard InChI is InChI=1S/C15H20N2O3/c16-11-3-1-2-4-13(11)19-8-7-15(18)17-12-9-10-5-6-14(12)20-10/h1-4,10,12,14H,5-9,16H2,(H,17,18). The van der Waals surface area contributed by atoms with E-state index in [0.717, 1.165) is 19.3 Å². The normalized spacial score (nSPS) is 27.5. The van der Waals surface area contributed by atoms with Crippen molar-refractivity contribution in [2.45, 2.75) is 43.9 Å². The largest absolute Gasteiger partial charge is 0.491 e. The molecule has 2 bridgehead atoms. The fourth-order valence-electron chi connectivity index (χ4n) is 2.93. The topological polar surface area (TPSA) is 73.6 Å². The van der Waals surface area contributed by atoms with Crippen LogP contribution in [-0.4, -0.2) is 30.8 Å². The fraction of sp³-hybridized carbons (Fsp3) is 0.533. The highest BCUT2D eigenvalue weighted by Gasteiger charge is 2.41. The van der Waals surface area contributed by atoms with E-state index in [-0.39, 0.29) is 18.1 Å². The first-order chi connectivity index (χ1) is 9.72. The maximum atomic E-state index is 11.9. The third-order valence-electron chi connectivity index (χ3n) is 3.96. The minimum absolute atomic E-state index is 0.0145. The van der Waals surface area contributed by atoms with Gasteiger partial charge in [-0.1, -0.05) is 12.1 Å². The summed E-state index contributed by atoms with van der Waals surface area (Å²) in [5, 5.41) is 3.04. The Hall–Kier alpha value is -1.75. The molecule has 1 aromatic rings. The summed E-state index contributed by atoms with van der Waals surface area (Å²) < 4.78 is 11.2. The number of amides is 1. The van der Waals surface area contributed by atoms with Crippen molar-refractivity contribution in [1.82, 2.24) is 5.32 Å². The Balaban J connectivity index is 1.40. The molecule has 2 saturated heterocycles. The number of carbonyl (C=O) groups excluding carboxylic acids is 1. The van der Waals surface area contributed by atoms with Crippen molar-refractivity contribution >= 4 is 11.6 Å². The average molecular weight is 276 g/mol. The van der Waals surface area contributed by atoms with Crippen LogP contribution in [0.25, 0.3) is 0 Å². The van der Waals surface area contributed by atoms with E-state index < -0.39 is 0 Å². The monoisotopic (exact) mass is 276 g/mol. The lowest BCUT2D eigenvalue weighted by Crippen LogP contribution is -2.41. The van der Waals surface area contributed by atoms with Crippen LogP contribution in [0.3, 0.4) is 0 Å². The molecule has 3 unspecified atom stereocenters. The molecule has 0 spiro atoms. The number of carbonyl (C=O) groups is 1. The van der Waals surface area contributed by atoms with Crippen molar-refractivity contribution in [2.75, 3.05) is 12.3 Å². The van der Waals surface area contributed by atoms with Crippen molar-refractivity contribution < 1.29 is 14.3 Å². The second-order valence-corrected chi connectivity index (χ2v) is 5.42. The summed E-state index contributed by atoms with van der Waals surface area (Å²) in [5.41, 5.74) is 6.36. The number of hydrogen-bond acceptors (Lipinski definition) is 4. The average Bonchev–Trinajstić information content (AvgIpc) is 3.03. The number of rotatable bonds is 5. The van der Waals surface area contributed by atoms with Crippen LogP contribution in [0.2, 0.25) is 0 Å². The van der Waals surface area contributed by atoms with Gasteiger partial charge in [-0.05, 0) is 31.4 Å². The van der Waals surface area contributed by atoms with Crippen molar-refractivity contribution in [2.24, 2.45) is 0 Å². The number of fused-ring (bicyclic) bond motifs is 2. The lowest BCUT2D eigenvalue weighted by molar-refractivity contribution is -0.122. The van der Waals surface area contributed by atoms with Gasteiger partial charge >= 0.3 is 0 Å². The van der Waals surface area contributed by atoms with Crippen LogP contribution < -0.4 is 15.8 Å². The van der Waals surface area contributed by atoms with Crippen molar-refractivity contribution in [3.05, 3.63) is 24.3 Å². The molecule has 3 N–H and O–H groups in total. The SMILES string of the molecule is Nc1ccccc1OCCC(=O)NC1CC2CCC1O2. The molecule has 1 amide bonds. The minimum atomic E-state index is 0.0145. The molecule has 0 aromatic heterocycles. The number of nitrogens with one attached hydrogen (secondary N) is 1. The smallest absolute Gasteiger partial charge is 0.223 e. The van der Waals surface area contributed by atoms with E-state index in [0.29, 0.717) is 30.6 Å². The number of nitrogen functional groups attached to an aromatic ring is 1. The highest BCUT2D eigenvalue weighted by molar-refractivity contribution is 5.76. The zero-order valence-corrected chi connectivity index (χ0v) is 11.4. The molecular formula is C15H20N2O3. The summed E-state index contributed by atoms with van der Waals surface area (Å²) in [6, 6.07) is 7.48. The Morgan fingerprint density at radius 1 is 1.40 bits per heavy atom. The molecule has 5 nitrogen and oxygen atoms in total. The van der Waals surface area contributed by atoms with E-state index >= 15 is 0 Å². The Bertz CT molecular complexity index is 492. The number of ether oxygens (including phenoxy) is 2. The van der Waals surface area contributed by atoms with Gasteiger partial charge in [0.25, 0.3) is 0 Å². The Kier molecular flexibility index (Phi) is 3.78. The first kappa shape index (κ1) is 13.2. The lowest BCUT2D eigenvalue weighted by atomic mass is 9.95. The minimum Gasteiger partial charge on any atom is -0.491 e. The van der Waals surface area contributed by atoms with Gasteiger partial charge in [0.2, 0.25) is 5.91 Å². The predicted octanol–water partition coefficient (Wildman–Crippen LogP) is 1.47. The molecular weight excluding hydrogens is 256 g/mol. The highest BCUT2D eigenvalue weighted by Crippen LogP contribution is 2.34. The Labute approximate surface area is 118 Å². The maximum absolute atomic E-state index is 11.9. The molecule has 5 heteroatoms. The summed E-state index contributed by atoms with van der Waals surface area (Å²) in [7, 11) is 0. The van der Waals surface area contributed by atoms with Crippen LogP contribution in [0.15, 0.2) is 24.3 Å². The number of para-hydroxylation sites is 2. The molecule has 2 aliphatic heterocycles. The van der Waals surface area contributed by atoms with E-state index in [4.69, 9.17) is 15.2 Å². The van der Waals surface area contributed by atoms with Crippen LogP contribution in [-0.2, 0) is 9.53 Å². The van der Waals surface area contributed by atoms with E-state index in [2.05, 4.69) is 5.32 Å². The van der Waals surface area contributed by atoms with E-state index in [1.807, 2.05) is 12.1 Å². The van der Waals surface area contributed by atoms with E-state index in [1.54, 1.807) is 12.1 Å². The second-order valence-electron chi connectivity index (χ2n) is 5.42. The van der Waals surface area contributed by atoms with Crippen molar-refractivity contribution in [3.63, 3.8) is 0 Å². The third-order valence-corrected chi connectivity index (χ3v) is 3.96. The van der Waals surface area contributed by atoms with Gasteiger partial charge in [-0.15, -0.1) is 0 Å². The highest BCUT2D eigenvalue weighted by atomic mass is 16.5. The first-order valence-corrected chi connectivity index (χ1v) is 7.14. The summed E-state index contributed by atoms with van der Waals surface area (Å²) in [5.74, 6) is 0.643. The summed E-state index contributed by atoms with van der Waals surface area (Å²) in [6.45, 7) is 0.335. The molecule has 1 aromatic carbocycles. The van der Waals surface area contributed by atoms with Gasteiger partial charge in [0.1, 0.15) is 5.75 Å². The molecule has 2 heterocycles. The Morgan fingerprint density at radius 3 is 2.95 bits per heavy atom. The van der Waals surface area contributed by atoms with Crippen LogP contribution in [0, 0.1) is 0 Å². The predicted molar refractivity (Wildman–Crippen MR) is 75.4 cm³/mol. The zero-order valence-electron chi connectivity index (χ0n) is 11.4. The van der Waals surface area contributed by atoms with Gasteiger partial charge in [-0.2, -0.15) is 0 Å². The van der Waals surface area contributed by atoms with E-state index in [9.17, 15) is 4.79 Å². The Morgan fingerprint density at radius 2 is 2.25 bits per heavy atom. The zero-order chi connectivity index (χ0) is 13.9. The van der Waals surface area contributed by atoms with Gasteiger partial charge in [0.05, 0.1) is 37.0 Å². The van der Waals surface area contributed by atoms with Crippen LogP contribution >= 0.6 is 0 Å². The summed E-state index contributed by atoms with van der Waals surface area (Å²) in [6.07, 6.45) is 4.05. The number of nitrogens with two attached hydrogens (primary N) is 1. The summed E-state index contributed by atoms with van der Waals surface area (Å²) in [4.78, 5) is 11.9. The molecule has 2 aliphatic rings. The number of hydrogen-bond donors (Lipinski definition) is 2. The molecule has 0 aliphatic carbocycles. The fourth-order valence-corrected chi connectivity index (χ4v) is 2.93. The molecule has 20 heavy (non-hydrogen) atoms. The van der Waals surface area contributed by atoms with Gasteiger partial charge < -0.3 is 20.5 Å². The van der Waals surface area contributed by atoms with Crippen molar-refractivity contribution in [3.8, 4) is 5.75 Å². The van der Waals surface area contributed by atoms with Crippen LogP contribution in [0.1, 0.15) is 25.7 Å². The van der Waals surface area contributed by atoms with Gasteiger partial charge in [-0.3, -0.25) is 4.79 Å². The van der Waals surface area contributed by atoms with Crippen molar-refractivity contribution in [1.29, 1.82) is 0 Å². The molecule has 3 rings (SSSR count). The number of benzene rings is 1. The lowest BCUT2D eigenvalue weighted by Gasteiger charge is -2.20. The molecule has 108 valence electrons.